The van der Waals surface area contributed by atoms with E-state index in [2.05, 4.69) is 45.2 Å². The minimum Gasteiger partial charge on any atom is -0.310 e. The highest BCUT2D eigenvalue weighted by Crippen LogP contribution is 2.04. The van der Waals surface area contributed by atoms with Crippen LogP contribution in [0.15, 0.2) is 6.33 Å². The van der Waals surface area contributed by atoms with Gasteiger partial charge in [-0.2, -0.15) is 5.10 Å². The van der Waals surface area contributed by atoms with Gasteiger partial charge in [-0.25, -0.2) is 9.67 Å². The number of nitrogens with one attached hydrogen (secondary N) is 1. The standard InChI is InChI=1S/C9H17BrN4/c1-8(2)14-9(12-7-13-14)6-11-5-3-4-10/h7-8,11H,3-6H2,1-2H3. The van der Waals surface area contributed by atoms with Gasteiger partial charge >= 0.3 is 0 Å². The van der Waals surface area contributed by atoms with Crippen LogP contribution in [-0.2, 0) is 6.54 Å². The molecule has 1 aromatic rings. The monoisotopic (exact) mass is 260 g/mol. The summed E-state index contributed by atoms with van der Waals surface area (Å²) in [5.41, 5.74) is 0. The van der Waals surface area contributed by atoms with E-state index < -0.39 is 0 Å². The fraction of sp³-hybridized carbons (Fsp3) is 0.778. The molecule has 0 amide bonds. The molecule has 0 saturated carbocycles. The molecule has 0 aromatic carbocycles. The second-order valence-corrected chi connectivity index (χ2v) is 4.23. The Morgan fingerprint density at radius 3 is 3.00 bits per heavy atom. The Bertz CT molecular complexity index is 259. The molecule has 5 heteroatoms. The maximum absolute atomic E-state index is 4.21. The molecule has 0 saturated heterocycles. The van der Waals surface area contributed by atoms with Gasteiger partial charge in [-0.1, -0.05) is 15.9 Å². The van der Waals surface area contributed by atoms with E-state index in [0.717, 1.165) is 30.7 Å². The first kappa shape index (κ1) is 11.7. The van der Waals surface area contributed by atoms with Crippen molar-refractivity contribution in [2.75, 3.05) is 11.9 Å². The summed E-state index contributed by atoms with van der Waals surface area (Å²) < 4.78 is 1.95. The number of hydrogen-bond acceptors (Lipinski definition) is 3. The van der Waals surface area contributed by atoms with Gasteiger partial charge < -0.3 is 5.32 Å². The fourth-order valence-electron chi connectivity index (χ4n) is 1.22. The van der Waals surface area contributed by atoms with Gasteiger partial charge in [0.05, 0.1) is 6.54 Å². The van der Waals surface area contributed by atoms with Gasteiger partial charge in [0.25, 0.3) is 0 Å². The highest BCUT2D eigenvalue weighted by atomic mass is 79.9. The molecule has 0 radical (unpaired) electrons. The minimum absolute atomic E-state index is 0.380. The largest absolute Gasteiger partial charge is 0.310 e. The van der Waals surface area contributed by atoms with Crippen LogP contribution >= 0.6 is 15.9 Å². The van der Waals surface area contributed by atoms with Crippen LogP contribution in [0.1, 0.15) is 32.1 Å². The molecule has 1 rings (SSSR count). The van der Waals surface area contributed by atoms with Gasteiger partial charge in [0.1, 0.15) is 12.2 Å². The van der Waals surface area contributed by atoms with Crippen LogP contribution in [0, 0.1) is 0 Å². The molecular formula is C9H17BrN4. The third-order valence-corrected chi connectivity index (χ3v) is 2.47. The summed E-state index contributed by atoms with van der Waals surface area (Å²) in [7, 11) is 0. The van der Waals surface area contributed by atoms with Crippen LogP contribution in [0.25, 0.3) is 0 Å². The number of aromatic nitrogens is 3. The highest BCUT2D eigenvalue weighted by molar-refractivity contribution is 9.09. The molecule has 1 aromatic heterocycles. The molecule has 0 bridgehead atoms. The van der Waals surface area contributed by atoms with E-state index in [1.807, 2.05) is 4.68 Å². The maximum Gasteiger partial charge on any atom is 0.141 e. The van der Waals surface area contributed by atoms with E-state index in [4.69, 9.17) is 0 Å². The second kappa shape index (κ2) is 6.14. The first-order valence-electron chi connectivity index (χ1n) is 4.90. The zero-order valence-electron chi connectivity index (χ0n) is 8.70. The van der Waals surface area contributed by atoms with Crippen molar-refractivity contribution in [1.29, 1.82) is 0 Å². The summed E-state index contributed by atoms with van der Waals surface area (Å²) in [5.74, 6) is 1.01. The lowest BCUT2D eigenvalue weighted by Gasteiger charge is -2.09. The summed E-state index contributed by atoms with van der Waals surface area (Å²) in [6.45, 7) is 6.02. The number of nitrogens with zero attached hydrogens (tertiary/aromatic N) is 3. The van der Waals surface area contributed by atoms with Crippen LogP contribution in [0.2, 0.25) is 0 Å². The maximum atomic E-state index is 4.21. The molecule has 1 N–H and O–H groups in total. The van der Waals surface area contributed by atoms with Crippen molar-refractivity contribution in [3.63, 3.8) is 0 Å². The third-order valence-electron chi connectivity index (χ3n) is 1.91. The molecule has 14 heavy (non-hydrogen) atoms. The lowest BCUT2D eigenvalue weighted by atomic mass is 10.4. The molecule has 0 aliphatic heterocycles. The predicted octanol–water partition coefficient (Wildman–Crippen LogP) is 1.73. The van der Waals surface area contributed by atoms with Crippen LogP contribution in [0.3, 0.4) is 0 Å². The molecule has 0 aliphatic carbocycles. The quantitative estimate of drug-likeness (QED) is 0.626. The number of hydrogen-bond donors (Lipinski definition) is 1. The summed E-state index contributed by atoms with van der Waals surface area (Å²) in [6.07, 6.45) is 2.75. The first-order valence-corrected chi connectivity index (χ1v) is 6.03. The van der Waals surface area contributed by atoms with E-state index in [-0.39, 0.29) is 0 Å². The van der Waals surface area contributed by atoms with Crippen molar-refractivity contribution < 1.29 is 0 Å². The van der Waals surface area contributed by atoms with E-state index in [9.17, 15) is 0 Å². The summed E-state index contributed by atoms with van der Waals surface area (Å²) in [6, 6.07) is 0.380. The molecule has 0 fully saturated rings. The van der Waals surface area contributed by atoms with Gasteiger partial charge in [0.15, 0.2) is 0 Å². The second-order valence-electron chi connectivity index (χ2n) is 3.43. The van der Waals surface area contributed by atoms with Gasteiger partial charge in [0.2, 0.25) is 0 Å². The SMILES string of the molecule is CC(C)n1ncnc1CNCCCBr. The number of alkyl halides is 1. The van der Waals surface area contributed by atoms with Crippen molar-refractivity contribution in [3.8, 4) is 0 Å². The number of halogens is 1. The van der Waals surface area contributed by atoms with Gasteiger partial charge in [-0.05, 0) is 26.8 Å². The Labute approximate surface area is 93.2 Å². The Kier molecular flexibility index (Phi) is 5.11. The Morgan fingerprint density at radius 2 is 2.36 bits per heavy atom. The molecule has 0 aliphatic rings. The summed E-state index contributed by atoms with van der Waals surface area (Å²) in [4.78, 5) is 4.21. The highest BCUT2D eigenvalue weighted by Gasteiger charge is 2.05. The van der Waals surface area contributed by atoms with Crippen LogP contribution in [0.5, 0.6) is 0 Å². The molecule has 4 nitrogen and oxygen atoms in total. The Morgan fingerprint density at radius 1 is 1.57 bits per heavy atom. The van der Waals surface area contributed by atoms with Crippen molar-refractivity contribution in [2.24, 2.45) is 0 Å². The first-order chi connectivity index (χ1) is 6.75. The summed E-state index contributed by atoms with van der Waals surface area (Å²) >= 11 is 3.39. The normalized spacial score (nSPS) is 11.1. The van der Waals surface area contributed by atoms with Crippen molar-refractivity contribution in [1.82, 2.24) is 20.1 Å². The van der Waals surface area contributed by atoms with Crippen molar-refractivity contribution in [2.45, 2.75) is 32.9 Å². The van der Waals surface area contributed by atoms with E-state index in [1.165, 1.54) is 0 Å². The molecule has 80 valence electrons. The smallest absolute Gasteiger partial charge is 0.141 e. The van der Waals surface area contributed by atoms with Crippen LogP contribution < -0.4 is 5.32 Å². The minimum atomic E-state index is 0.380. The van der Waals surface area contributed by atoms with Gasteiger partial charge in [-0.15, -0.1) is 0 Å². The van der Waals surface area contributed by atoms with Crippen LogP contribution in [-0.4, -0.2) is 26.6 Å². The lowest BCUT2D eigenvalue weighted by Crippen LogP contribution is -2.19. The average Bonchev–Trinajstić information content (AvgIpc) is 2.60. The summed E-state index contributed by atoms with van der Waals surface area (Å²) in [5, 5.41) is 8.54. The molecule has 0 atom stereocenters. The number of rotatable bonds is 6. The van der Waals surface area contributed by atoms with Crippen LogP contribution in [0.4, 0.5) is 0 Å². The zero-order valence-corrected chi connectivity index (χ0v) is 10.3. The zero-order chi connectivity index (χ0) is 10.4. The van der Waals surface area contributed by atoms with E-state index >= 15 is 0 Å². The average molecular weight is 261 g/mol. The third kappa shape index (κ3) is 3.38. The molecular weight excluding hydrogens is 244 g/mol. The van der Waals surface area contributed by atoms with Gasteiger partial charge in [-0.3, -0.25) is 0 Å². The van der Waals surface area contributed by atoms with E-state index in [1.54, 1.807) is 6.33 Å². The molecule has 0 spiro atoms. The van der Waals surface area contributed by atoms with E-state index in [0.29, 0.717) is 6.04 Å². The fourth-order valence-corrected chi connectivity index (χ4v) is 1.50. The molecule has 0 unspecified atom stereocenters. The van der Waals surface area contributed by atoms with Crippen molar-refractivity contribution in [3.05, 3.63) is 12.2 Å². The van der Waals surface area contributed by atoms with Crippen molar-refractivity contribution >= 4 is 15.9 Å². The molecule has 1 heterocycles. The topological polar surface area (TPSA) is 42.7 Å². The van der Waals surface area contributed by atoms with Gasteiger partial charge in [0, 0.05) is 11.4 Å². The Hall–Kier alpha value is -0.420. The predicted molar refractivity (Wildman–Crippen MR) is 60.5 cm³/mol. The lowest BCUT2D eigenvalue weighted by molar-refractivity contribution is 0.490. The Balaban J connectivity index is 2.38.